The number of carbonyl (C=O) groups excluding carboxylic acids is 1. The number of nitrogens with zero attached hydrogens (tertiary/aromatic N) is 1. The number of amides is 1. The number of rotatable bonds is 12. The fourth-order valence-corrected chi connectivity index (χ4v) is 1.95. The summed E-state index contributed by atoms with van der Waals surface area (Å²) < 4.78 is 5.43. The van der Waals surface area contributed by atoms with E-state index in [0.29, 0.717) is 13.0 Å². The molecular formula is C15H32N2O3. The van der Waals surface area contributed by atoms with Crippen LogP contribution in [0.25, 0.3) is 0 Å². The number of ether oxygens (including phenoxy) is 1. The van der Waals surface area contributed by atoms with Crippen molar-refractivity contribution in [2.24, 2.45) is 0 Å². The van der Waals surface area contributed by atoms with Crippen molar-refractivity contribution in [2.75, 3.05) is 33.8 Å². The van der Waals surface area contributed by atoms with Gasteiger partial charge in [-0.15, -0.1) is 0 Å². The molecule has 1 atom stereocenters. The summed E-state index contributed by atoms with van der Waals surface area (Å²) in [6.45, 7) is 3.72. The Hall–Kier alpha value is -0.810. The normalized spacial score (nSPS) is 12.4. The Morgan fingerprint density at radius 1 is 1.20 bits per heavy atom. The Labute approximate surface area is 123 Å². The molecule has 1 unspecified atom stereocenters. The standard InChI is InChI=1S/C15H32N2O3/c1-4-5-6-7-9-14(10-8-13-18)20-15(19)16-11-12-17(2)3/h14,18H,4-13H2,1-3H3,(H,16,19). The second-order valence-corrected chi connectivity index (χ2v) is 5.47. The van der Waals surface area contributed by atoms with Crippen LogP contribution >= 0.6 is 0 Å². The van der Waals surface area contributed by atoms with Crippen LogP contribution < -0.4 is 5.32 Å². The number of aliphatic hydroxyl groups is 1. The summed E-state index contributed by atoms with van der Waals surface area (Å²) >= 11 is 0. The van der Waals surface area contributed by atoms with Gasteiger partial charge in [0.25, 0.3) is 0 Å². The van der Waals surface area contributed by atoms with Gasteiger partial charge in [0.2, 0.25) is 0 Å². The van der Waals surface area contributed by atoms with E-state index in [4.69, 9.17) is 9.84 Å². The summed E-state index contributed by atoms with van der Waals surface area (Å²) in [4.78, 5) is 13.7. The molecule has 0 aliphatic rings. The molecule has 0 saturated heterocycles. The molecule has 0 fully saturated rings. The monoisotopic (exact) mass is 288 g/mol. The summed E-state index contributed by atoms with van der Waals surface area (Å²) in [7, 11) is 3.93. The molecule has 120 valence electrons. The Kier molecular flexibility index (Phi) is 12.7. The zero-order chi connectivity index (χ0) is 15.2. The second kappa shape index (κ2) is 13.2. The highest BCUT2D eigenvalue weighted by Gasteiger charge is 2.13. The van der Waals surface area contributed by atoms with Crippen molar-refractivity contribution in [2.45, 2.75) is 58.0 Å². The van der Waals surface area contributed by atoms with Crippen molar-refractivity contribution in [3.05, 3.63) is 0 Å². The Morgan fingerprint density at radius 2 is 1.90 bits per heavy atom. The van der Waals surface area contributed by atoms with Gasteiger partial charge >= 0.3 is 6.09 Å². The Morgan fingerprint density at radius 3 is 2.50 bits per heavy atom. The number of hydrogen-bond acceptors (Lipinski definition) is 4. The van der Waals surface area contributed by atoms with E-state index in [1.807, 2.05) is 19.0 Å². The predicted octanol–water partition coefficient (Wildman–Crippen LogP) is 2.39. The molecule has 20 heavy (non-hydrogen) atoms. The van der Waals surface area contributed by atoms with Gasteiger partial charge in [-0.25, -0.2) is 4.79 Å². The topological polar surface area (TPSA) is 61.8 Å². The van der Waals surface area contributed by atoms with Gasteiger partial charge in [0, 0.05) is 19.7 Å². The molecule has 0 aliphatic heterocycles. The fourth-order valence-electron chi connectivity index (χ4n) is 1.95. The largest absolute Gasteiger partial charge is 0.446 e. The SMILES string of the molecule is CCCCCCC(CCCO)OC(=O)NCCN(C)C. The number of hydrogen-bond donors (Lipinski definition) is 2. The fraction of sp³-hybridized carbons (Fsp3) is 0.933. The van der Waals surface area contributed by atoms with E-state index in [1.165, 1.54) is 19.3 Å². The molecule has 0 bridgehead atoms. The summed E-state index contributed by atoms with van der Waals surface area (Å²) in [5.41, 5.74) is 0. The molecule has 0 heterocycles. The molecule has 0 rings (SSSR count). The first-order chi connectivity index (χ1) is 9.60. The van der Waals surface area contributed by atoms with Crippen molar-refractivity contribution in [1.82, 2.24) is 10.2 Å². The molecule has 1 amide bonds. The third kappa shape index (κ3) is 12.2. The summed E-state index contributed by atoms with van der Waals surface area (Å²) in [6, 6.07) is 0. The molecule has 0 saturated carbocycles. The van der Waals surface area contributed by atoms with Crippen molar-refractivity contribution >= 4 is 6.09 Å². The highest BCUT2D eigenvalue weighted by Crippen LogP contribution is 2.13. The lowest BCUT2D eigenvalue weighted by Crippen LogP contribution is -2.34. The van der Waals surface area contributed by atoms with Gasteiger partial charge in [0.15, 0.2) is 0 Å². The number of nitrogens with one attached hydrogen (secondary N) is 1. The minimum atomic E-state index is -0.342. The van der Waals surface area contributed by atoms with Crippen LogP contribution in [0.5, 0.6) is 0 Å². The van der Waals surface area contributed by atoms with E-state index in [2.05, 4.69) is 12.2 Å². The molecule has 0 spiro atoms. The zero-order valence-corrected chi connectivity index (χ0v) is 13.4. The molecule has 0 aromatic rings. The number of carbonyl (C=O) groups is 1. The lowest BCUT2D eigenvalue weighted by molar-refractivity contribution is 0.0805. The molecule has 0 aliphatic carbocycles. The van der Waals surface area contributed by atoms with Crippen LogP contribution in [0.1, 0.15) is 51.9 Å². The number of unbranched alkanes of at least 4 members (excludes halogenated alkanes) is 3. The van der Waals surface area contributed by atoms with Gasteiger partial charge in [0.05, 0.1) is 0 Å². The van der Waals surface area contributed by atoms with Crippen molar-refractivity contribution in [1.29, 1.82) is 0 Å². The van der Waals surface area contributed by atoms with Crippen LogP contribution in [-0.4, -0.2) is 56.0 Å². The van der Waals surface area contributed by atoms with E-state index >= 15 is 0 Å². The molecular weight excluding hydrogens is 256 g/mol. The van der Waals surface area contributed by atoms with Gasteiger partial charge in [-0.05, 0) is 39.8 Å². The minimum absolute atomic E-state index is 0.0710. The van der Waals surface area contributed by atoms with E-state index in [9.17, 15) is 4.79 Å². The van der Waals surface area contributed by atoms with Crippen LogP contribution in [0, 0.1) is 0 Å². The first kappa shape index (κ1) is 19.2. The third-order valence-corrected chi connectivity index (χ3v) is 3.17. The van der Waals surface area contributed by atoms with Crippen LogP contribution in [0.4, 0.5) is 4.79 Å². The average molecular weight is 288 g/mol. The van der Waals surface area contributed by atoms with E-state index in [1.54, 1.807) is 0 Å². The van der Waals surface area contributed by atoms with Gasteiger partial charge in [-0.3, -0.25) is 0 Å². The van der Waals surface area contributed by atoms with Crippen LogP contribution in [0.2, 0.25) is 0 Å². The molecule has 2 N–H and O–H groups in total. The highest BCUT2D eigenvalue weighted by molar-refractivity contribution is 5.67. The number of aliphatic hydroxyl groups excluding tert-OH is 1. The minimum Gasteiger partial charge on any atom is -0.446 e. The maximum atomic E-state index is 11.7. The Balaban J connectivity index is 3.90. The summed E-state index contributed by atoms with van der Waals surface area (Å²) in [5.74, 6) is 0. The predicted molar refractivity (Wildman–Crippen MR) is 81.9 cm³/mol. The van der Waals surface area contributed by atoms with Gasteiger partial charge < -0.3 is 20.1 Å². The van der Waals surface area contributed by atoms with Crippen molar-refractivity contribution in [3.63, 3.8) is 0 Å². The summed E-state index contributed by atoms with van der Waals surface area (Å²) in [5, 5.41) is 11.7. The van der Waals surface area contributed by atoms with Crippen LogP contribution in [-0.2, 0) is 4.74 Å². The molecule has 0 radical (unpaired) electrons. The average Bonchev–Trinajstić information content (AvgIpc) is 2.40. The first-order valence-corrected chi connectivity index (χ1v) is 7.80. The smallest absolute Gasteiger partial charge is 0.407 e. The van der Waals surface area contributed by atoms with Crippen molar-refractivity contribution < 1.29 is 14.6 Å². The summed E-state index contributed by atoms with van der Waals surface area (Å²) in [6.07, 6.45) is 6.58. The number of likely N-dealkylation sites (N-methyl/N-ethyl adjacent to an activating group) is 1. The quantitative estimate of drug-likeness (QED) is 0.541. The van der Waals surface area contributed by atoms with Gasteiger partial charge in [-0.2, -0.15) is 0 Å². The Bertz CT molecular complexity index is 235. The van der Waals surface area contributed by atoms with Crippen LogP contribution in [0.3, 0.4) is 0 Å². The van der Waals surface area contributed by atoms with Crippen molar-refractivity contribution in [3.8, 4) is 0 Å². The molecule has 0 aromatic carbocycles. The molecule has 0 aromatic heterocycles. The van der Waals surface area contributed by atoms with Crippen LogP contribution in [0.15, 0.2) is 0 Å². The first-order valence-electron chi connectivity index (χ1n) is 7.80. The lowest BCUT2D eigenvalue weighted by atomic mass is 10.1. The van der Waals surface area contributed by atoms with E-state index in [0.717, 1.165) is 25.8 Å². The molecule has 5 nitrogen and oxygen atoms in total. The van der Waals surface area contributed by atoms with Gasteiger partial charge in [-0.1, -0.05) is 26.2 Å². The highest BCUT2D eigenvalue weighted by atomic mass is 16.6. The second-order valence-electron chi connectivity index (χ2n) is 5.47. The zero-order valence-electron chi connectivity index (χ0n) is 13.4. The van der Waals surface area contributed by atoms with Gasteiger partial charge in [0.1, 0.15) is 6.10 Å². The number of alkyl carbamates (subject to hydrolysis) is 1. The molecule has 5 heteroatoms. The third-order valence-electron chi connectivity index (χ3n) is 3.17. The van der Waals surface area contributed by atoms with E-state index in [-0.39, 0.29) is 18.8 Å². The maximum Gasteiger partial charge on any atom is 0.407 e. The maximum absolute atomic E-state index is 11.7. The van der Waals surface area contributed by atoms with E-state index < -0.39 is 0 Å². The lowest BCUT2D eigenvalue weighted by Gasteiger charge is -2.18.